The first-order chi connectivity index (χ1) is 15.7. The van der Waals surface area contributed by atoms with E-state index in [1.54, 1.807) is 16.7 Å². The van der Waals surface area contributed by atoms with Crippen LogP contribution in [0.5, 0.6) is 0 Å². The highest BCUT2D eigenvalue weighted by Gasteiger charge is 2.71. The van der Waals surface area contributed by atoms with Crippen molar-refractivity contribution < 1.29 is 19.5 Å². The number of carbonyl (C=O) groups excluding carboxylic acids is 3. The fourth-order valence-electron chi connectivity index (χ4n) is 6.06. The topological polar surface area (TPSA) is 81.2 Å². The SMILES string of the molecule is CCCN1CC=C[C@H]2S[C@]34C=CCN(C(C)C)C(=O)C3N([C@@H](CO)C(C)C)C(=O)[C@@H]4[C@H]2C1=O. The lowest BCUT2D eigenvalue weighted by atomic mass is 9.78. The number of amides is 3. The summed E-state index contributed by atoms with van der Waals surface area (Å²) in [6.07, 6.45) is 9.00. The summed E-state index contributed by atoms with van der Waals surface area (Å²) in [5.74, 6) is -1.40. The lowest BCUT2D eigenvalue weighted by Gasteiger charge is -2.40. The van der Waals surface area contributed by atoms with Crippen molar-refractivity contribution in [1.29, 1.82) is 0 Å². The standard InChI is InChI=1S/C25H37N3O4S/c1-6-11-26-12-7-9-18-19(22(26)30)20-23(31)28(17(14-29)15(2)3)21-24(32)27(16(4)5)13-8-10-25(20,21)33-18/h7-10,15-21,29H,6,11-14H2,1-5H3/t17-,18+,19-,20-,21?,25-/m0/s1. The zero-order valence-corrected chi connectivity index (χ0v) is 21.1. The lowest BCUT2D eigenvalue weighted by molar-refractivity contribution is -0.148. The highest BCUT2D eigenvalue weighted by molar-refractivity contribution is 8.02. The smallest absolute Gasteiger partial charge is 0.247 e. The van der Waals surface area contributed by atoms with E-state index in [-0.39, 0.29) is 41.5 Å². The predicted molar refractivity (Wildman–Crippen MR) is 129 cm³/mol. The van der Waals surface area contributed by atoms with E-state index in [1.165, 1.54) is 0 Å². The maximum atomic E-state index is 14.2. The largest absolute Gasteiger partial charge is 0.394 e. The Labute approximate surface area is 201 Å². The average Bonchev–Trinajstić information content (AvgIpc) is 3.07. The molecular formula is C25H37N3O4S. The first-order valence-corrected chi connectivity index (χ1v) is 13.1. The Hall–Kier alpha value is -1.80. The highest BCUT2D eigenvalue weighted by atomic mass is 32.2. The molecule has 2 saturated heterocycles. The van der Waals surface area contributed by atoms with Crippen LogP contribution in [0.25, 0.3) is 0 Å². The van der Waals surface area contributed by atoms with E-state index in [0.29, 0.717) is 19.6 Å². The summed E-state index contributed by atoms with van der Waals surface area (Å²) in [5.41, 5.74) is 0. The molecule has 4 aliphatic rings. The minimum Gasteiger partial charge on any atom is -0.394 e. The summed E-state index contributed by atoms with van der Waals surface area (Å²) in [6, 6.07) is -1.22. The van der Waals surface area contributed by atoms with E-state index >= 15 is 0 Å². The van der Waals surface area contributed by atoms with Crippen LogP contribution < -0.4 is 0 Å². The van der Waals surface area contributed by atoms with Gasteiger partial charge in [-0.3, -0.25) is 14.4 Å². The number of likely N-dealkylation sites (tertiary alicyclic amines) is 1. The zero-order valence-electron chi connectivity index (χ0n) is 20.3. The van der Waals surface area contributed by atoms with Crippen molar-refractivity contribution in [2.45, 2.75) is 69.2 Å². The van der Waals surface area contributed by atoms with Crippen LogP contribution in [-0.2, 0) is 14.4 Å². The Balaban J connectivity index is 1.87. The molecule has 1 unspecified atom stereocenters. The second-order valence-corrected chi connectivity index (χ2v) is 11.8. The van der Waals surface area contributed by atoms with Crippen molar-refractivity contribution in [3.8, 4) is 0 Å². The van der Waals surface area contributed by atoms with Crippen LogP contribution in [0.2, 0.25) is 0 Å². The van der Waals surface area contributed by atoms with E-state index in [2.05, 4.69) is 6.08 Å². The van der Waals surface area contributed by atoms with Gasteiger partial charge in [0.15, 0.2) is 0 Å². The summed E-state index contributed by atoms with van der Waals surface area (Å²) in [5, 5.41) is 10.1. The van der Waals surface area contributed by atoms with Gasteiger partial charge in [0.25, 0.3) is 0 Å². The summed E-state index contributed by atoms with van der Waals surface area (Å²) in [7, 11) is 0. The molecule has 0 bridgehead atoms. The molecule has 182 valence electrons. The number of rotatable bonds is 6. The van der Waals surface area contributed by atoms with Gasteiger partial charge in [-0.1, -0.05) is 45.1 Å². The van der Waals surface area contributed by atoms with Crippen LogP contribution in [0.1, 0.15) is 41.0 Å². The third-order valence-corrected chi connectivity index (χ3v) is 9.39. The Kier molecular flexibility index (Phi) is 6.71. The second kappa shape index (κ2) is 9.10. The molecule has 7 nitrogen and oxygen atoms in total. The van der Waals surface area contributed by atoms with Crippen LogP contribution >= 0.6 is 11.8 Å². The number of nitrogens with zero attached hydrogens (tertiary/aromatic N) is 3. The Bertz CT molecular complexity index is 872. The van der Waals surface area contributed by atoms with Gasteiger partial charge in [-0.15, -0.1) is 11.8 Å². The van der Waals surface area contributed by atoms with Crippen molar-refractivity contribution in [1.82, 2.24) is 14.7 Å². The minimum atomic E-state index is -0.815. The molecule has 0 aromatic heterocycles. The van der Waals surface area contributed by atoms with Gasteiger partial charge in [0.2, 0.25) is 17.7 Å². The number of carbonyl (C=O) groups is 3. The first kappa shape index (κ1) is 24.3. The summed E-state index contributed by atoms with van der Waals surface area (Å²) < 4.78 is -0.815. The molecule has 1 N–H and O–H groups in total. The summed E-state index contributed by atoms with van der Waals surface area (Å²) >= 11 is 1.60. The highest BCUT2D eigenvalue weighted by Crippen LogP contribution is 2.61. The minimum absolute atomic E-state index is 0.00563. The third kappa shape index (κ3) is 3.64. The van der Waals surface area contributed by atoms with Gasteiger partial charge in [-0.25, -0.2) is 0 Å². The molecule has 3 amide bonds. The van der Waals surface area contributed by atoms with Gasteiger partial charge < -0.3 is 19.8 Å². The van der Waals surface area contributed by atoms with Gasteiger partial charge >= 0.3 is 0 Å². The fourth-order valence-corrected chi connectivity index (χ4v) is 8.05. The van der Waals surface area contributed by atoms with Gasteiger partial charge in [0.1, 0.15) is 6.04 Å². The molecule has 6 atom stereocenters. The Morgan fingerprint density at radius 2 is 1.82 bits per heavy atom. The van der Waals surface area contributed by atoms with Crippen LogP contribution in [-0.4, -0.2) is 91.9 Å². The molecule has 0 aromatic carbocycles. The first-order valence-electron chi connectivity index (χ1n) is 12.2. The van der Waals surface area contributed by atoms with Gasteiger partial charge in [0.05, 0.1) is 29.2 Å². The molecule has 4 aliphatic heterocycles. The summed E-state index contributed by atoms with van der Waals surface area (Å²) in [6.45, 7) is 11.4. The molecule has 4 rings (SSSR count). The Morgan fingerprint density at radius 1 is 1.09 bits per heavy atom. The molecule has 33 heavy (non-hydrogen) atoms. The molecule has 4 heterocycles. The van der Waals surface area contributed by atoms with Gasteiger partial charge in [-0.05, 0) is 26.2 Å². The van der Waals surface area contributed by atoms with Crippen LogP contribution in [0.3, 0.4) is 0 Å². The second-order valence-electron chi connectivity index (χ2n) is 10.3. The molecular weight excluding hydrogens is 438 g/mol. The number of aliphatic hydroxyl groups excluding tert-OH is 1. The number of fused-ring (bicyclic) bond motifs is 2. The molecule has 0 radical (unpaired) electrons. The number of thioether (sulfide) groups is 1. The van der Waals surface area contributed by atoms with Crippen molar-refractivity contribution in [2.24, 2.45) is 17.8 Å². The number of hydrogen-bond donors (Lipinski definition) is 1. The maximum Gasteiger partial charge on any atom is 0.247 e. The normalized spacial score (nSPS) is 34.7. The van der Waals surface area contributed by atoms with E-state index in [0.717, 1.165) is 6.42 Å². The predicted octanol–water partition coefficient (Wildman–Crippen LogP) is 1.92. The third-order valence-electron chi connectivity index (χ3n) is 7.64. The molecule has 2 fully saturated rings. The van der Waals surface area contributed by atoms with Crippen LogP contribution in [0.15, 0.2) is 24.3 Å². The molecule has 8 heteroatoms. The van der Waals surface area contributed by atoms with Crippen molar-refractivity contribution in [2.75, 3.05) is 26.2 Å². The van der Waals surface area contributed by atoms with E-state index in [9.17, 15) is 19.5 Å². The van der Waals surface area contributed by atoms with E-state index < -0.39 is 28.7 Å². The van der Waals surface area contributed by atoms with Crippen LogP contribution in [0.4, 0.5) is 0 Å². The molecule has 1 spiro atoms. The monoisotopic (exact) mass is 475 g/mol. The molecule has 0 saturated carbocycles. The fraction of sp³-hybridized carbons (Fsp3) is 0.720. The van der Waals surface area contributed by atoms with E-state index in [4.69, 9.17) is 0 Å². The van der Waals surface area contributed by atoms with Gasteiger partial charge in [-0.2, -0.15) is 0 Å². The molecule has 0 aromatic rings. The van der Waals surface area contributed by atoms with Crippen molar-refractivity contribution >= 4 is 29.5 Å². The number of aliphatic hydroxyl groups is 1. The summed E-state index contributed by atoms with van der Waals surface area (Å²) in [4.78, 5) is 47.2. The van der Waals surface area contributed by atoms with Crippen LogP contribution in [0, 0.1) is 17.8 Å². The lowest BCUT2D eigenvalue weighted by Crippen LogP contribution is -2.58. The quantitative estimate of drug-likeness (QED) is 0.594. The average molecular weight is 476 g/mol. The Morgan fingerprint density at radius 3 is 2.42 bits per heavy atom. The van der Waals surface area contributed by atoms with Gasteiger partial charge in [0, 0.05) is 30.9 Å². The van der Waals surface area contributed by atoms with E-state index in [1.807, 2.05) is 62.6 Å². The number of hydrogen-bond acceptors (Lipinski definition) is 5. The molecule has 0 aliphatic carbocycles. The zero-order chi connectivity index (χ0) is 24.1. The maximum absolute atomic E-state index is 14.2. The van der Waals surface area contributed by atoms with Crippen molar-refractivity contribution in [3.05, 3.63) is 24.3 Å². The van der Waals surface area contributed by atoms with Crippen molar-refractivity contribution in [3.63, 3.8) is 0 Å².